The zero-order valence-corrected chi connectivity index (χ0v) is 17.8. The molecule has 158 valence electrons. The maximum Gasteiger partial charge on any atom is 0.0564 e. The molecule has 0 bridgehead atoms. The number of fused-ring (bicyclic) bond motifs is 1. The molecule has 1 fully saturated rings. The van der Waals surface area contributed by atoms with E-state index in [0.717, 1.165) is 42.3 Å². The molecule has 5 rings (SSSR count). The Kier molecular flexibility index (Phi) is 5.85. The Morgan fingerprint density at radius 2 is 1.71 bits per heavy atom. The number of aromatic nitrogens is 2. The van der Waals surface area contributed by atoms with E-state index < -0.39 is 0 Å². The van der Waals surface area contributed by atoms with E-state index in [1.54, 1.807) is 0 Å². The maximum atomic E-state index is 4.54. The molecule has 1 saturated heterocycles. The molecule has 3 heterocycles. The van der Waals surface area contributed by atoms with E-state index in [1.807, 2.05) is 12.3 Å². The molecule has 0 amide bonds. The minimum atomic E-state index is 0.902. The van der Waals surface area contributed by atoms with Crippen molar-refractivity contribution in [3.05, 3.63) is 84.3 Å². The van der Waals surface area contributed by atoms with Crippen LogP contribution in [0.25, 0.3) is 10.9 Å². The van der Waals surface area contributed by atoms with Crippen molar-refractivity contribution in [2.75, 3.05) is 30.3 Å². The van der Waals surface area contributed by atoms with Crippen LogP contribution < -0.4 is 10.6 Å². The molecule has 4 aromatic rings. The summed E-state index contributed by atoms with van der Waals surface area (Å²) in [6.07, 6.45) is 7.61. The average Bonchev–Trinajstić information content (AvgIpc) is 3.46. The molecule has 2 aromatic carbocycles. The number of anilines is 3. The van der Waals surface area contributed by atoms with Gasteiger partial charge in [0.15, 0.2) is 0 Å². The van der Waals surface area contributed by atoms with Gasteiger partial charge in [0, 0.05) is 53.4 Å². The highest BCUT2D eigenvalue weighted by molar-refractivity contribution is 5.83. The molecule has 0 spiro atoms. The van der Waals surface area contributed by atoms with Crippen molar-refractivity contribution in [3.8, 4) is 0 Å². The smallest absolute Gasteiger partial charge is 0.0564 e. The van der Waals surface area contributed by atoms with Gasteiger partial charge in [-0.3, -0.25) is 9.88 Å². The Bertz CT molecular complexity index is 1130. The monoisotopic (exact) mass is 411 g/mol. The minimum absolute atomic E-state index is 0.902. The van der Waals surface area contributed by atoms with Crippen LogP contribution in [0.2, 0.25) is 0 Å². The molecule has 0 unspecified atom stereocenters. The lowest BCUT2D eigenvalue weighted by atomic mass is 10.1. The average molecular weight is 412 g/mol. The first kappa shape index (κ1) is 19.6. The number of hydrogen-bond acceptors (Lipinski definition) is 4. The van der Waals surface area contributed by atoms with Gasteiger partial charge in [0.2, 0.25) is 0 Å². The van der Waals surface area contributed by atoms with E-state index >= 15 is 0 Å². The summed E-state index contributed by atoms with van der Waals surface area (Å²) in [6.45, 7) is 4.22. The van der Waals surface area contributed by atoms with E-state index in [1.165, 1.54) is 42.4 Å². The lowest BCUT2D eigenvalue weighted by molar-refractivity contribution is 0.327. The molecule has 0 saturated carbocycles. The summed E-state index contributed by atoms with van der Waals surface area (Å²) >= 11 is 0. The number of hydrogen-bond donors (Lipinski definition) is 3. The Morgan fingerprint density at radius 1 is 0.903 bits per heavy atom. The first-order valence-electron chi connectivity index (χ1n) is 11.2. The summed E-state index contributed by atoms with van der Waals surface area (Å²) in [5, 5.41) is 8.35. The maximum absolute atomic E-state index is 4.54. The lowest BCUT2D eigenvalue weighted by Gasteiger charge is -2.15. The summed E-state index contributed by atoms with van der Waals surface area (Å²) in [5.74, 6) is 0. The number of para-hydroxylation sites is 1. The molecule has 5 heteroatoms. The molecule has 5 nitrogen and oxygen atoms in total. The Balaban J connectivity index is 1.15. The van der Waals surface area contributed by atoms with Crippen molar-refractivity contribution in [2.24, 2.45) is 0 Å². The van der Waals surface area contributed by atoms with E-state index in [2.05, 4.69) is 86.3 Å². The first-order chi connectivity index (χ1) is 15.3. The largest absolute Gasteiger partial charge is 0.385 e. The van der Waals surface area contributed by atoms with Crippen LogP contribution in [0.1, 0.15) is 24.1 Å². The van der Waals surface area contributed by atoms with E-state index in [0.29, 0.717) is 0 Å². The van der Waals surface area contributed by atoms with Crippen molar-refractivity contribution in [2.45, 2.75) is 25.8 Å². The molecule has 0 radical (unpaired) electrons. The molecule has 1 aliphatic rings. The quantitative estimate of drug-likeness (QED) is 0.355. The SMILES string of the molecule is c1ccc2c(CCNc3ccc(Nc4ccnc(CN5CCCC5)c4)cc3)c[nH]c2c1. The van der Waals surface area contributed by atoms with Gasteiger partial charge < -0.3 is 15.6 Å². The minimum Gasteiger partial charge on any atom is -0.385 e. The van der Waals surface area contributed by atoms with Gasteiger partial charge in [-0.1, -0.05) is 18.2 Å². The van der Waals surface area contributed by atoms with Gasteiger partial charge in [-0.15, -0.1) is 0 Å². The second kappa shape index (κ2) is 9.23. The highest BCUT2D eigenvalue weighted by Gasteiger charge is 2.12. The number of aromatic amines is 1. The fourth-order valence-electron chi connectivity index (χ4n) is 4.33. The van der Waals surface area contributed by atoms with Crippen molar-refractivity contribution in [3.63, 3.8) is 0 Å². The molecular formula is C26H29N5. The van der Waals surface area contributed by atoms with Crippen molar-refractivity contribution in [1.29, 1.82) is 0 Å². The van der Waals surface area contributed by atoms with E-state index in [4.69, 9.17) is 0 Å². The molecule has 0 atom stereocenters. The topological polar surface area (TPSA) is 56.0 Å². The number of nitrogens with zero attached hydrogens (tertiary/aromatic N) is 2. The summed E-state index contributed by atoms with van der Waals surface area (Å²) in [6, 6.07) is 21.1. The summed E-state index contributed by atoms with van der Waals surface area (Å²) < 4.78 is 0. The Hall–Kier alpha value is -3.31. The van der Waals surface area contributed by atoms with Crippen LogP contribution in [0.5, 0.6) is 0 Å². The Labute approximate surface area is 183 Å². The van der Waals surface area contributed by atoms with Gasteiger partial charge in [-0.25, -0.2) is 0 Å². The van der Waals surface area contributed by atoms with Crippen LogP contribution in [0.3, 0.4) is 0 Å². The zero-order chi connectivity index (χ0) is 20.9. The number of nitrogens with one attached hydrogen (secondary N) is 3. The van der Waals surface area contributed by atoms with Gasteiger partial charge in [-0.05, 0) is 80.4 Å². The number of rotatable bonds is 8. The zero-order valence-electron chi connectivity index (χ0n) is 17.8. The summed E-state index contributed by atoms with van der Waals surface area (Å²) in [5.41, 5.74) is 6.98. The van der Waals surface area contributed by atoms with Crippen LogP contribution in [0.15, 0.2) is 73.1 Å². The molecular weight excluding hydrogens is 382 g/mol. The normalized spacial score (nSPS) is 14.2. The lowest BCUT2D eigenvalue weighted by Crippen LogP contribution is -2.19. The third-order valence-electron chi connectivity index (χ3n) is 5.97. The molecule has 1 aliphatic heterocycles. The van der Waals surface area contributed by atoms with Gasteiger partial charge in [0.25, 0.3) is 0 Å². The van der Waals surface area contributed by atoms with Crippen LogP contribution in [0, 0.1) is 0 Å². The van der Waals surface area contributed by atoms with Crippen molar-refractivity contribution in [1.82, 2.24) is 14.9 Å². The standard InChI is InChI=1S/C26H29N5/c1-2-6-26-25(5-1)20(18-29-26)11-13-27-21-7-9-22(10-8-21)30-23-12-14-28-24(17-23)19-31-15-3-4-16-31/h1-2,5-10,12,14,17-18,27,29H,3-4,11,13,15-16,19H2,(H,28,30). The van der Waals surface area contributed by atoms with Crippen LogP contribution in [0.4, 0.5) is 17.1 Å². The van der Waals surface area contributed by atoms with E-state index in [9.17, 15) is 0 Å². The number of pyridine rings is 1. The van der Waals surface area contributed by atoms with Crippen LogP contribution >= 0.6 is 0 Å². The highest BCUT2D eigenvalue weighted by Crippen LogP contribution is 2.21. The molecule has 2 aromatic heterocycles. The summed E-state index contributed by atoms with van der Waals surface area (Å²) in [7, 11) is 0. The van der Waals surface area contributed by atoms with Crippen molar-refractivity contribution < 1.29 is 0 Å². The second-order valence-electron chi connectivity index (χ2n) is 8.26. The number of likely N-dealkylation sites (tertiary alicyclic amines) is 1. The fraction of sp³-hybridized carbons (Fsp3) is 0.269. The molecule has 3 N–H and O–H groups in total. The predicted molar refractivity (Wildman–Crippen MR) is 129 cm³/mol. The van der Waals surface area contributed by atoms with Gasteiger partial charge in [0.05, 0.1) is 5.69 Å². The third kappa shape index (κ3) is 4.89. The highest BCUT2D eigenvalue weighted by atomic mass is 15.1. The summed E-state index contributed by atoms with van der Waals surface area (Å²) in [4.78, 5) is 10.4. The van der Waals surface area contributed by atoms with Crippen molar-refractivity contribution >= 4 is 28.0 Å². The predicted octanol–water partition coefficient (Wildman–Crippen LogP) is 5.56. The van der Waals surface area contributed by atoms with Crippen LogP contribution in [-0.4, -0.2) is 34.5 Å². The molecule has 0 aliphatic carbocycles. The second-order valence-corrected chi connectivity index (χ2v) is 8.26. The third-order valence-corrected chi connectivity index (χ3v) is 5.97. The van der Waals surface area contributed by atoms with E-state index in [-0.39, 0.29) is 0 Å². The van der Waals surface area contributed by atoms with Gasteiger partial charge >= 0.3 is 0 Å². The van der Waals surface area contributed by atoms with Gasteiger partial charge in [0.1, 0.15) is 0 Å². The number of benzene rings is 2. The number of H-pyrrole nitrogens is 1. The fourth-order valence-corrected chi connectivity index (χ4v) is 4.33. The van der Waals surface area contributed by atoms with Crippen LogP contribution in [-0.2, 0) is 13.0 Å². The van der Waals surface area contributed by atoms with Gasteiger partial charge in [-0.2, -0.15) is 0 Å². The molecule has 31 heavy (non-hydrogen) atoms. The Morgan fingerprint density at radius 3 is 2.58 bits per heavy atom. The first-order valence-corrected chi connectivity index (χ1v) is 11.2.